The molecular formula is C9H6ClF2NO2S. The van der Waals surface area contributed by atoms with E-state index in [1.165, 1.54) is 6.92 Å². The maximum absolute atomic E-state index is 12.6. The summed E-state index contributed by atoms with van der Waals surface area (Å²) in [6.07, 6.45) is -2.96. The lowest BCUT2D eigenvalue weighted by Crippen LogP contribution is -2.01. The van der Waals surface area contributed by atoms with Crippen LogP contribution in [0.4, 0.5) is 8.78 Å². The standard InChI is InChI=1S/C9H6ClF2NO2S/c1-5-2-7(9(11)12)8(16(10,14)15)3-6(5)4-13/h2-3,9H,1H3. The molecule has 0 heterocycles. The highest BCUT2D eigenvalue weighted by atomic mass is 35.7. The highest BCUT2D eigenvalue weighted by Crippen LogP contribution is 2.31. The lowest BCUT2D eigenvalue weighted by Gasteiger charge is -2.08. The SMILES string of the molecule is Cc1cc(C(F)F)c(S(=O)(=O)Cl)cc1C#N. The van der Waals surface area contributed by atoms with Gasteiger partial charge in [-0.05, 0) is 24.6 Å². The second-order valence-electron chi connectivity index (χ2n) is 3.06. The Morgan fingerprint density at radius 2 is 2.00 bits per heavy atom. The molecular weight excluding hydrogens is 260 g/mol. The van der Waals surface area contributed by atoms with Crippen LogP contribution < -0.4 is 0 Å². The van der Waals surface area contributed by atoms with Gasteiger partial charge in [-0.25, -0.2) is 17.2 Å². The summed E-state index contributed by atoms with van der Waals surface area (Å²) >= 11 is 0. The summed E-state index contributed by atoms with van der Waals surface area (Å²) in [5, 5.41) is 8.66. The lowest BCUT2D eigenvalue weighted by atomic mass is 10.1. The number of nitrogens with zero attached hydrogens (tertiary/aromatic N) is 1. The topological polar surface area (TPSA) is 57.9 Å². The van der Waals surface area contributed by atoms with Gasteiger partial charge in [-0.15, -0.1) is 0 Å². The molecule has 0 aliphatic rings. The van der Waals surface area contributed by atoms with Gasteiger partial charge < -0.3 is 0 Å². The highest BCUT2D eigenvalue weighted by Gasteiger charge is 2.23. The summed E-state index contributed by atoms with van der Waals surface area (Å²) < 4.78 is 47.3. The zero-order valence-corrected chi connectivity index (χ0v) is 9.61. The molecule has 0 amide bonds. The molecule has 0 saturated heterocycles. The molecule has 0 radical (unpaired) electrons. The number of hydrogen-bond donors (Lipinski definition) is 0. The van der Waals surface area contributed by atoms with Crippen molar-refractivity contribution in [2.75, 3.05) is 0 Å². The average Bonchev–Trinajstić information content (AvgIpc) is 2.15. The van der Waals surface area contributed by atoms with E-state index in [1.807, 2.05) is 0 Å². The van der Waals surface area contributed by atoms with Crippen molar-refractivity contribution in [2.45, 2.75) is 18.2 Å². The molecule has 0 fully saturated rings. The molecule has 0 aliphatic carbocycles. The quantitative estimate of drug-likeness (QED) is 0.773. The molecule has 0 unspecified atom stereocenters. The minimum atomic E-state index is -4.29. The van der Waals surface area contributed by atoms with Crippen LogP contribution in [-0.2, 0) is 9.05 Å². The van der Waals surface area contributed by atoms with Gasteiger partial charge in [0.15, 0.2) is 0 Å². The summed E-state index contributed by atoms with van der Waals surface area (Å²) in [5.74, 6) is 0. The van der Waals surface area contributed by atoms with Gasteiger partial charge in [0.25, 0.3) is 15.5 Å². The summed E-state index contributed by atoms with van der Waals surface area (Å²) in [6, 6.07) is 3.52. The third-order valence-corrected chi connectivity index (χ3v) is 3.35. The van der Waals surface area contributed by atoms with E-state index >= 15 is 0 Å². The van der Waals surface area contributed by atoms with Crippen molar-refractivity contribution < 1.29 is 17.2 Å². The van der Waals surface area contributed by atoms with Gasteiger partial charge in [0.2, 0.25) is 0 Å². The van der Waals surface area contributed by atoms with Crippen molar-refractivity contribution in [2.24, 2.45) is 0 Å². The van der Waals surface area contributed by atoms with Crippen LogP contribution in [0, 0.1) is 18.3 Å². The van der Waals surface area contributed by atoms with E-state index in [9.17, 15) is 17.2 Å². The highest BCUT2D eigenvalue weighted by molar-refractivity contribution is 8.13. The van der Waals surface area contributed by atoms with E-state index in [0.29, 0.717) is 0 Å². The van der Waals surface area contributed by atoms with Crippen LogP contribution in [-0.4, -0.2) is 8.42 Å². The third-order valence-electron chi connectivity index (χ3n) is 1.98. The van der Waals surface area contributed by atoms with Crippen LogP contribution in [0.1, 0.15) is 23.1 Å². The van der Waals surface area contributed by atoms with E-state index in [0.717, 1.165) is 12.1 Å². The van der Waals surface area contributed by atoms with Crippen molar-refractivity contribution in [3.8, 4) is 6.07 Å². The number of aryl methyl sites for hydroxylation is 1. The summed E-state index contributed by atoms with van der Waals surface area (Å²) in [6.45, 7) is 1.44. The van der Waals surface area contributed by atoms with Gasteiger partial charge in [0.05, 0.1) is 16.5 Å². The molecule has 0 spiro atoms. The summed E-state index contributed by atoms with van der Waals surface area (Å²) in [7, 11) is 0.732. The first-order valence-electron chi connectivity index (χ1n) is 4.05. The third kappa shape index (κ3) is 2.49. The first kappa shape index (κ1) is 12.9. The predicted octanol–water partition coefficient (Wildman–Crippen LogP) is 2.73. The Morgan fingerprint density at radius 1 is 1.44 bits per heavy atom. The molecule has 1 aromatic rings. The molecule has 16 heavy (non-hydrogen) atoms. The Kier molecular flexibility index (Phi) is 3.51. The Hall–Kier alpha value is -1.19. The molecule has 86 valence electrons. The smallest absolute Gasteiger partial charge is 0.207 e. The van der Waals surface area contributed by atoms with Gasteiger partial charge >= 0.3 is 0 Å². The Labute approximate surface area is 95.7 Å². The molecule has 0 N–H and O–H groups in total. The lowest BCUT2D eigenvalue weighted by molar-refractivity contribution is 0.148. The van der Waals surface area contributed by atoms with Crippen molar-refractivity contribution in [3.63, 3.8) is 0 Å². The average molecular weight is 266 g/mol. The zero-order chi connectivity index (χ0) is 12.5. The molecule has 7 heteroatoms. The van der Waals surface area contributed by atoms with Crippen LogP contribution in [0.2, 0.25) is 0 Å². The van der Waals surface area contributed by atoms with Gasteiger partial charge in [-0.3, -0.25) is 0 Å². The van der Waals surface area contributed by atoms with Crippen molar-refractivity contribution in [3.05, 3.63) is 28.8 Å². The van der Waals surface area contributed by atoms with E-state index in [1.54, 1.807) is 6.07 Å². The monoisotopic (exact) mass is 265 g/mol. The molecule has 0 saturated carbocycles. The fourth-order valence-corrected chi connectivity index (χ4v) is 2.30. The zero-order valence-electron chi connectivity index (χ0n) is 8.04. The summed E-state index contributed by atoms with van der Waals surface area (Å²) in [4.78, 5) is -0.716. The van der Waals surface area contributed by atoms with Gasteiger partial charge in [-0.2, -0.15) is 5.26 Å². The molecule has 0 aliphatic heterocycles. The van der Waals surface area contributed by atoms with E-state index < -0.39 is 25.9 Å². The van der Waals surface area contributed by atoms with Crippen molar-refractivity contribution in [1.82, 2.24) is 0 Å². The Bertz CT molecular complexity index is 564. The number of halogens is 3. The molecule has 1 rings (SSSR count). The second kappa shape index (κ2) is 4.36. The Balaban J connectivity index is 3.64. The number of nitriles is 1. The van der Waals surface area contributed by atoms with Crippen LogP contribution >= 0.6 is 10.7 Å². The van der Waals surface area contributed by atoms with Gasteiger partial charge in [0.1, 0.15) is 0 Å². The number of benzene rings is 1. The van der Waals surface area contributed by atoms with E-state index in [2.05, 4.69) is 0 Å². The molecule has 3 nitrogen and oxygen atoms in total. The summed E-state index contributed by atoms with van der Waals surface area (Å²) in [5.41, 5.74) is -0.406. The normalized spacial score (nSPS) is 11.5. The van der Waals surface area contributed by atoms with E-state index in [4.69, 9.17) is 15.9 Å². The molecule has 1 aromatic carbocycles. The van der Waals surface area contributed by atoms with Gasteiger partial charge in [0, 0.05) is 16.2 Å². The van der Waals surface area contributed by atoms with Crippen LogP contribution in [0.5, 0.6) is 0 Å². The first-order chi connectivity index (χ1) is 7.27. The maximum Gasteiger partial charge on any atom is 0.265 e. The number of hydrogen-bond acceptors (Lipinski definition) is 3. The Morgan fingerprint density at radius 3 is 2.38 bits per heavy atom. The number of alkyl halides is 2. The second-order valence-corrected chi connectivity index (χ2v) is 5.59. The first-order valence-corrected chi connectivity index (χ1v) is 6.35. The van der Waals surface area contributed by atoms with Crippen molar-refractivity contribution >= 4 is 19.7 Å². The molecule has 0 atom stereocenters. The molecule has 0 bridgehead atoms. The van der Waals surface area contributed by atoms with Crippen LogP contribution in [0.25, 0.3) is 0 Å². The van der Waals surface area contributed by atoms with Crippen LogP contribution in [0.15, 0.2) is 17.0 Å². The fraction of sp³-hybridized carbons (Fsp3) is 0.222. The van der Waals surface area contributed by atoms with E-state index in [-0.39, 0.29) is 11.1 Å². The largest absolute Gasteiger partial charge is 0.265 e. The minimum Gasteiger partial charge on any atom is -0.207 e. The predicted molar refractivity (Wildman–Crippen MR) is 53.9 cm³/mol. The van der Waals surface area contributed by atoms with Gasteiger partial charge in [-0.1, -0.05) is 0 Å². The fourth-order valence-electron chi connectivity index (χ4n) is 1.21. The minimum absolute atomic E-state index is 0.00336. The van der Waals surface area contributed by atoms with Crippen LogP contribution in [0.3, 0.4) is 0 Å². The molecule has 0 aromatic heterocycles. The van der Waals surface area contributed by atoms with Crippen molar-refractivity contribution in [1.29, 1.82) is 5.26 Å². The number of rotatable bonds is 2. The maximum atomic E-state index is 12.6.